The molecule has 92 valence electrons. The van der Waals surface area contributed by atoms with E-state index in [9.17, 15) is 4.79 Å². The number of aromatic nitrogens is 1. The number of thiocarbonyl (C=S) groups is 1. The Morgan fingerprint density at radius 1 is 1.65 bits per heavy atom. The lowest BCUT2D eigenvalue weighted by Crippen LogP contribution is -2.37. The second kappa shape index (κ2) is 6.30. The lowest BCUT2D eigenvalue weighted by molar-refractivity contribution is -0.123. The van der Waals surface area contributed by atoms with Crippen molar-refractivity contribution in [3.05, 3.63) is 29.6 Å². The van der Waals surface area contributed by atoms with E-state index in [0.717, 1.165) is 11.3 Å². The third-order valence-corrected chi connectivity index (χ3v) is 2.90. The van der Waals surface area contributed by atoms with Crippen molar-refractivity contribution < 1.29 is 4.79 Å². The summed E-state index contributed by atoms with van der Waals surface area (Å²) in [4.78, 5) is 16.2. The fraction of sp³-hybridized carbons (Fsp3) is 0.417. The summed E-state index contributed by atoms with van der Waals surface area (Å²) in [7, 11) is 0. The molecule has 1 atom stereocenters. The van der Waals surface area contributed by atoms with E-state index in [1.54, 1.807) is 6.20 Å². The van der Waals surface area contributed by atoms with Crippen molar-refractivity contribution in [2.45, 2.75) is 26.8 Å². The quantitative estimate of drug-likeness (QED) is 0.774. The van der Waals surface area contributed by atoms with Crippen LogP contribution < -0.4 is 11.1 Å². The van der Waals surface area contributed by atoms with E-state index in [1.807, 2.05) is 26.0 Å². The van der Waals surface area contributed by atoms with Gasteiger partial charge in [-0.25, -0.2) is 0 Å². The van der Waals surface area contributed by atoms with E-state index < -0.39 is 5.92 Å². The van der Waals surface area contributed by atoms with Crippen LogP contribution in [0.15, 0.2) is 18.3 Å². The van der Waals surface area contributed by atoms with E-state index in [4.69, 9.17) is 18.0 Å². The Balaban J connectivity index is 2.59. The number of carbonyl (C=O) groups is 1. The molecule has 0 bridgehead atoms. The molecule has 0 aliphatic heterocycles. The number of hydrogen-bond donors (Lipinski definition) is 2. The first kappa shape index (κ1) is 13.6. The third-order valence-electron chi connectivity index (χ3n) is 2.62. The highest BCUT2D eigenvalue weighted by Crippen LogP contribution is 2.06. The maximum atomic E-state index is 11.8. The number of aryl methyl sites for hydroxylation is 1. The SMILES string of the molecule is CCC(C(=O)NCc1ncccc1C)C(N)=S. The second-order valence-corrected chi connectivity index (χ2v) is 4.32. The Kier molecular flexibility index (Phi) is 5.03. The van der Waals surface area contributed by atoms with Gasteiger partial charge in [0.25, 0.3) is 0 Å². The fourth-order valence-corrected chi connectivity index (χ4v) is 1.79. The minimum Gasteiger partial charge on any atom is -0.393 e. The lowest BCUT2D eigenvalue weighted by Gasteiger charge is -2.13. The number of amides is 1. The first-order valence-corrected chi connectivity index (χ1v) is 5.94. The third kappa shape index (κ3) is 3.78. The molecule has 1 heterocycles. The zero-order chi connectivity index (χ0) is 12.8. The number of nitrogens with zero attached hydrogens (tertiary/aromatic N) is 1. The van der Waals surface area contributed by atoms with Crippen LogP contribution in [0.2, 0.25) is 0 Å². The maximum absolute atomic E-state index is 11.8. The monoisotopic (exact) mass is 251 g/mol. The Labute approximate surface area is 107 Å². The van der Waals surface area contributed by atoms with Crippen molar-refractivity contribution in [3.8, 4) is 0 Å². The van der Waals surface area contributed by atoms with E-state index in [0.29, 0.717) is 13.0 Å². The van der Waals surface area contributed by atoms with Crippen molar-refractivity contribution in [1.29, 1.82) is 0 Å². The van der Waals surface area contributed by atoms with Crippen LogP contribution in [0.3, 0.4) is 0 Å². The molecule has 1 aromatic rings. The minimum atomic E-state index is -0.394. The van der Waals surface area contributed by atoms with Gasteiger partial charge >= 0.3 is 0 Å². The van der Waals surface area contributed by atoms with Crippen LogP contribution in [0.1, 0.15) is 24.6 Å². The number of hydrogen-bond acceptors (Lipinski definition) is 3. The summed E-state index contributed by atoms with van der Waals surface area (Å²) in [5, 5.41) is 2.80. The normalized spacial score (nSPS) is 11.9. The van der Waals surface area contributed by atoms with Crippen molar-refractivity contribution in [3.63, 3.8) is 0 Å². The largest absolute Gasteiger partial charge is 0.393 e. The van der Waals surface area contributed by atoms with E-state index in [1.165, 1.54) is 0 Å². The van der Waals surface area contributed by atoms with Gasteiger partial charge in [-0.05, 0) is 25.0 Å². The molecule has 0 aromatic carbocycles. The van der Waals surface area contributed by atoms with Crippen LogP contribution in [0.4, 0.5) is 0 Å². The number of nitrogens with one attached hydrogen (secondary N) is 1. The number of nitrogens with two attached hydrogens (primary N) is 1. The van der Waals surface area contributed by atoms with Crippen LogP contribution in [-0.2, 0) is 11.3 Å². The molecule has 1 unspecified atom stereocenters. The number of pyridine rings is 1. The summed E-state index contributed by atoms with van der Waals surface area (Å²) in [6, 6.07) is 3.82. The van der Waals surface area contributed by atoms with Crippen molar-refractivity contribution in [2.24, 2.45) is 11.7 Å². The van der Waals surface area contributed by atoms with Crippen molar-refractivity contribution in [2.75, 3.05) is 0 Å². The highest BCUT2D eigenvalue weighted by Gasteiger charge is 2.18. The average Bonchev–Trinajstić information content (AvgIpc) is 2.28. The van der Waals surface area contributed by atoms with Gasteiger partial charge in [0.2, 0.25) is 5.91 Å². The van der Waals surface area contributed by atoms with E-state index in [2.05, 4.69) is 10.3 Å². The van der Waals surface area contributed by atoms with Gasteiger partial charge in [-0.1, -0.05) is 25.2 Å². The van der Waals surface area contributed by atoms with Gasteiger partial charge in [-0.2, -0.15) is 0 Å². The smallest absolute Gasteiger partial charge is 0.230 e. The van der Waals surface area contributed by atoms with Crippen molar-refractivity contribution in [1.82, 2.24) is 10.3 Å². The summed E-state index contributed by atoms with van der Waals surface area (Å²) >= 11 is 4.85. The first-order valence-electron chi connectivity index (χ1n) is 5.53. The van der Waals surface area contributed by atoms with Crippen LogP contribution in [0, 0.1) is 12.8 Å². The summed E-state index contributed by atoms with van der Waals surface area (Å²) in [6.07, 6.45) is 2.32. The van der Waals surface area contributed by atoms with Gasteiger partial charge in [-0.15, -0.1) is 0 Å². The van der Waals surface area contributed by atoms with Gasteiger partial charge in [0.15, 0.2) is 0 Å². The fourth-order valence-electron chi connectivity index (χ4n) is 1.51. The molecule has 0 radical (unpaired) electrons. The van der Waals surface area contributed by atoms with Crippen molar-refractivity contribution >= 4 is 23.1 Å². The zero-order valence-corrected chi connectivity index (χ0v) is 10.9. The summed E-state index contributed by atoms with van der Waals surface area (Å²) in [5.41, 5.74) is 7.41. The lowest BCUT2D eigenvalue weighted by atomic mass is 10.1. The predicted molar refractivity (Wildman–Crippen MR) is 71.4 cm³/mol. The van der Waals surface area contributed by atoms with Crippen LogP contribution >= 0.6 is 12.2 Å². The molecule has 17 heavy (non-hydrogen) atoms. The topological polar surface area (TPSA) is 68.0 Å². The summed E-state index contributed by atoms with van der Waals surface area (Å²) in [6.45, 7) is 4.25. The number of rotatable bonds is 5. The Bertz CT molecular complexity index is 420. The van der Waals surface area contributed by atoms with E-state index in [-0.39, 0.29) is 10.9 Å². The van der Waals surface area contributed by atoms with Crippen LogP contribution in [0.5, 0.6) is 0 Å². The highest BCUT2D eigenvalue weighted by atomic mass is 32.1. The van der Waals surface area contributed by atoms with Crippen LogP contribution in [-0.4, -0.2) is 15.9 Å². The molecule has 1 aromatic heterocycles. The highest BCUT2D eigenvalue weighted by molar-refractivity contribution is 7.80. The van der Waals surface area contributed by atoms with Crippen LogP contribution in [0.25, 0.3) is 0 Å². The average molecular weight is 251 g/mol. The van der Waals surface area contributed by atoms with E-state index >= 15 is 0 Å². The maximum Gasteiger partial charge on any atom is 0.230 e. The molecule has 0 spiro atoms. The van der Waals surface area contributed by atoms with Gasteiger partial charge in [0.1, 0.15) is 0 Å². The zero-order valence-electron chi connectivity index (χ0n) is 10.1. The minimum absolute atomic E-state index is 0.134. The molecule has 0 saturated carbocycles. The molecule has 4 nitrogen and oxygen atoms in total. The molecule has 0 fully saturated rings. The molecular formula is C12H17N3OS. The molecule has 5 heteroatoms. The Morgan fingerprint density at radius 2 is 2.35 bits per heavy atom. The Morgan fingerprint density at radius 3 is 2.88 bits per heavy atom. The Hall–Kier alpha value is -1.49. The van der Waals surface area contributed by atoms with Gasteiger partial charge < -0.3 is 11.1 Å². The molecule has 0 saturated heterocycles. The first-order chi connectivity index (χ1) is 8.06. The second-order valence-electron chi connectivity index (χ2n) is 3.85. The molecule has 3 N–H and O–H groups in total. The summed E-state index contributed by atoms with van der Waals surface area (Å²) < 4.78 is 0. The molecule has 1 amide bonds. The summed E-state index contributed by atoms with van der Waals surface area (Å²) in [5.74, 6) is -0.529. The predicted octanol–water partition coefficient (Wildman–Crippen LogP) is 1.32. The standard InChI is InChI=1S/C12H17N3OS/c1-3-9(11(13)17)12(16)15-7-10-8(2)5-4-6-14-10/h4-6,9H,3,7H2,1-2H3,(H2,13,17)(H,15,16). The van der Waals surface area contributed by atoms with Gasteiger partial charge in [0, 0.05) is 6.20 Å². The van der Waals surface area contributed by atoms with Gasteiger partial charge in [-0.3, -0.25) is 9.78 Å². The number of carbonyl (C=O) groups excluding carboxylic acids is 1. The molecule has 1 rings (SSSR count). The molecule has 0 aliphatic carbocycles. The van der Waals surface area contributed by atoms with Gasteiger partial charge in [0.05, 0.1) is 23.1 Å². The molecule has 0 aliphatic rings. The molecular weight excluding hydrogens is 234 g/mol.